The van der Waals surface area contributed by atoms with Gasteiger partial charge < -0.3 is 15.7 Å². The van der Waals surface area contributed by atoms with Crippen molar-refractivity contribution in [3.8, 4) is 0 Å². The van der Waals surface area contributed by atoms with E-state index in [-0.39, 0.29) is 0 Å². The molecule has 0 rings (SSSR count). The molecule has 0 heterocycles. The Morgan fingerprint density at radius 1 is 0.926 bits per heavy atom. The lowest BCUT2D eigenvalue weighted by Crippen LogP contribution is -2.34. The number of unbranched alkanes of at least 4 members (excludes halogenated alkanes) is 15. The number of carbonyl (C=O) groups is 1. The second-order valence-corrected chi connectivity index (χ2v) is 8.52. The minimum absolute atomic E-state index is 0.499. The first kappa shape index (κ1) is 26.5. The number of aliphatic hydroxyl groups is 1. The fourth-order valence-electron chi connectivity index (χ4n) is 2.98. The van der Waals surface area contributed by atoms with Crippen molar-refractivity contribution >= 4 is 19.8 Å². The van der Waals surface area contributed by atoms with E-state index in [1.807, 2.05) is 0 Å². The Kier molecular flexibility index (Phi) is 19.9. The quantitative estimate of drug-likeness (QED) is 0.243. The molecule has 27 heavy (non-hydrogen) atoms. The van der Waals surface area contributed by atoms with Crippen LogP contribution in [-0.4, -0.2) is 29.5 Å². The molecule has 2 atom stereocenters. The SMILES string of the molecule is CCCCCCCCCCCCCCCCC/C=[P+](\[O-])OC(=O)[C@@H](N)CO. The summed E-state index contributed by atoms with van der Waals surface area (Å²) in [5.74, 6) is 0.714. The molecular weight excluding hydrogens is 361 g/mol. The Labute approximate surface area is 167 Å². The summed E-state index contributed by atoms with van der Waals surface area (Å²) in [6, 6.07) is -1.11. The molecule has 0 aromatic rings. The van der Waals surface area contributed by atoms with Gasteiger partial charge in [0.1, 0.15) is 11.8 Å². The molecule has 6 heteroatoms. The number of carbonyl (C=O) groups excluding carboxylic acids is 1. The van der Waals surface area contributed by atoms with Gasteiger partial charge in [0, 0.05) is 6.42 Å². The van der Waals surface area contributed by atoms with Crippen molar-refractivity contribution in [1.29, 1.82) is 0 Å². The highest BCUT2D eigenvalue weighted by molar-refractivity contribution is 7.45. The molecule has 0 saturated heterocycles. The van der Waals surface area contributed by atoms with E-state index in [1.54, 1.807) is 0 Å². The molecule has 3 N–H and O–H groups in total. The van der Waals surface area contributed by atoms with Crippen LogP contribution < -0.4 is 10.6 Å². The summed E-state index contributed by atoms with van der Waals surface area (Å²) in [6.07, 6.45) is 20.4. The van der Waals surface area contributed by atoms with Gasteiger partial charge in [-0.15, -0.1) is 0 Å². The van der Waals surface area contributed by atoms with Crippen molar-refractivity contribution < 1.29 is 19.3 Å². The summed E-state index contributed by atoms with van der Waals surface area (Å²) in [5, 5.41) is 8.71. The van der Waals surface area contributed by atoms with Crippen LogP contribution in [0.4, 0.5) is 0 Å². The van der Waals surface area contributed by atoms with Gasteiger partial charge >= 0.3 is 5.97 Å². The molecule has 160 valence electrons. The second-order valence-electron chi connectivity index (χ2n) is 7.41. The zero-order chi connectivity index (χ0) is 20.2. The Morgan fingerprint density at radius 2 is 1.33 bits per heavy atom. The minimum Gasteiger partial charge on any atom is -0.595 e. The highest BCUT2D eigenvalue weighted by atomic mass is 31.1. The molecule has 0 radical (unpaired) electrons. The van der Waals surface area contributed by atoms with Crippen LogP contribution in [0.3, 0.4) is 0 Å². The highest BCUT2D eigenvalue weighted by Gasteiger charge is 2.18. The fourth-order valence-corrected chi connectivity index (χ4v) is 3.76. The van der Waals surface area contributed by atoms with Crippen LogP contribution >= 0.6 is 8.00 Å². The van der Waals surface area contributed by atoms with Crippen LogP contribution in [0.15, 0.2) is 0 Å². The summed E-state index contributed by atoms with van der Waals surface area (Å²) >= 11 is 0. The standard InChI is InChI=1S/C21H42NO4P/c1-2-3-4-5-6-7-8-9-10-11-12-13-14-15-16-17-18-27(25)26-21(24)20(22)19-23/h18,20,23H,2-17,19,22H2,1H3/t20-/m0/s1. The Balaban J connectivity index is 3.31. The van der Waals surface area contributed by atoms with Gasteiger partial charge in [-0.2, -0.15) is 0 Å². The Bertz CT molecular complexity index is 377. The maximum absolute atomic E-state index is 11.5. The van der Waals surface area contributed by atoms with E-state index in [4.69, 9.17) is 10.8 Å². The number of nitrogens with two attached hydrogens (primary N) is 1. The number of hydrogen-bond donors (Lipinski definition) is 2. The third kappa shape index (κ3) is 18.6. The molecular formula is C21H42NO4P. The fraction of sp³-hybridized carbons (Fsp3) is 0.905. The van der Waals surface area contributed by atoms with E-state index in [9.17, 15) is 9.69 Å². The smallest absolute Gasteiger partial charge is 0.378 e. The van der Waals surface area contributed by atoms with Crippen molar-refractivity contribution in [1.82, 2.24) is 0 Å². The first-order chi connectivity index (χ1) is 13.1. The van der Waals surface area contributed by atoms with Gasteiger partial charge in [-0.25, -0.2) is 4.79 Å². The lowest BCUT2D eigenvalue weighted by Gasteiger charge is -2.04. The maximum Gasteiger partial charge on any atom is 0.378 e. The predicted molar refractivity (Wildman–Crippen MR) is 114 cm³/mol. The van der Waals surface area contributed by atoms with E-state index >= 15 is 0 Å². The van der Waals surface area contributed by atoms with Gasteiger partial charge in [-0.05, 0) is 6.42 Å². The summed E-state index contributed by atoms with van der Waals surface area (Å²) in [6.45, 7) is 1.76. The van der Waals surface area contributed by atoms with Crippen molar-refractivity contribution in [2.24, 2.45) is 5.73 Å². The van der Waals surface area contributed by atoms with Crippen LogP contribution in [0.5, 0.6) is 0 Å². The van der Waals surface area contributed by atoms with Crippen molar-refractivity contribution in [3.05, 3.63) is 0 Å². The minimum atomic E-state index is -2.12. The maximum atomic E-state index is 11.5. The molecule has 0 spiro atoms. The predicted octanol–water partition coefficient (Wildman–Crippen LogP) is 4.59. The molecule has 0 fully saturated rings. The second kappa shape index (κ2) is 20.3. The first-order valence-corrected chi connectivity index (χ1v) is 12.2. The van der Waals surface area contributed by atoms with Crippen molar-refractivity contribution in [2.75, 3.05) is 6.61 Å². The molecule has 0 aromatic carbocycles. The molecule has 0 aromatic heterocycles. The first-order valence-electron chi connectivity index (χ1n) is 11.0. The molecule has 0 amide bonds. The van der Waals surface area contributed by atoms with Gasteiger partial charge in [-0.3, -0.25) is 4.52 Å². The van der Waals surface area contributed by atoms with Crippen LogP contribution in [0.25, 0.3) is 0 Å². The third-order valence-electron chi connectivity index (χ3n) is 4.77. The van der Waals surface area contributed by atoms with Crippen LogP contribution in [0.1, 0.15) is 110 Å². The van der Waals surface area contributed by atoms with Gasteiger partial charge in [0.15, 0.2) is 0 Å². The van der Waals surface area contributed by atoms with E-state index < -0.39 is 26.6 Å². The largest absolute Gasteiger partial charge is 0.595 e. The number of aliphatic hydroxyl groups excluding tert-OH is 1. The number of rotatable bonds is 19. The van der Waals surface area contributed by atoms with Gasteiger partial charge in [0.05, 0.1) is 6.61 Å². The highest BCUT2D eigenvalue weighted by Crippen LogP contribution is 2.16. The summed E-state index contributed by atoms with van der Waals surface area (Å²) in [4.78, 5) is 22.8. The van der Waals surface area contributed by atoms with Crippen LogP contribution in [0, 0.1) is 0 Å². The van der Waals surface area contributed by atoms with Gasteiger partial charge in [0.25, 0.3) is 8.00 Å². The number of hydrogen-bond acceptors (Lipinski definition) is 5. The van der Waals surface area contributed by atoms with E-state index in [0.717, 1.165) is 12.8 Å². The summed E-state index contributed by atoms with van der Waals surface area (Å²) in [5.41, 5.74) is 5.29. The molecule has 1 unspecified atom stereocenters. The lowest BCUT2D eigenvalue weighted by molar-refractivity contribution is -0.177. The van der Waals surface area contributed by atoms with Gasteiger partial charge in [-0.1, -0.05) is 96.8 Å². The summed E-state index contributed by atoms with van der Waals surface area (Å²) < 4.78 is 4.66. The average molecular weight is 404 g/mol. The van der Waals surface area contributed by atoms with E-state index in [0.29, 0.717) is 6.42 Å². The van der Waals surface area contributed by atoms with Crippen molar-refractivity contribution in [3.63, 3.8) is 0 Å². The Morgan fingerprint density at radius 3 is 1.74 bits per heavy atom. The molecule has 0 aliphatic rings. The zero-order valence-electron chi connectivity index (χ0n) is 17.4. The third-order valence-corrected chi connectivity index (χ3v) is 5.68. The van der Waals surface area contributed by atoms with Crippen LogP contribution in [-0.2, 0) is 9.32 Å². The molecule has 0 bridgehead atoms. The monoisotopic (exact) mass is 403 g/mol. The average Bonchev–Trinajstić information content (AvgIpc) is 2.66. The zero-order valence-corrected chi connectivity index (χ0v) is 18.3. The van der Waals surface area contributed by atoms with E-state index in [1.165, 1.54) is 89.3 Å². The molecule has 0 saturated carbocycles. The molecule has 0 aliphatic heterocycles. The lowest BCUT2D eigenvalue weighted by atomic mass is 10.0. The van der Waals surface area contributed by atoms with Crippen molar-refractivity contribution in [2.45, 2.75) is 116 Å². The Hall–Kier alpha value is -0.480. The molecule has 5 nitrogen and oxygen atoms in total. The van der Waals surface area contributed by atoms with Gasteiger partial charge in [0.2, 0.25) is 0 Å². The van der Waals surface area contributed by atoms with Crippen LogP contribution in [0.2, 0.25) is 0 Å². The normalized spacial score (nSPS) is 13.0. The van der Waals surface area contributed by atoms with E-state index in [2.05, 4.69) is 11.4 Å². The molecule has 0 aliphatic carbocycles. The summed E-state index contributed by atoms with van der Waals surface area (Å²) in [7, 11) is -2.12. The topological polar surface area (TPSA) is 95.6 Å².